The average molecular weight is 545 g/mol. The molecular formula is C25H36N8O4S. The lowest BCUT2D eigenvalue weighted by molar-refractivity contribution is 0.249. The highest BCUT2D eigenvalue weighted by molar-refractivity contribution is 7.16. The van der Waals surface area contributed by atoms with E-state index in [1.807, 2.05) is 12.1 Å². The molecule has 0 unspecified atom stereocenters. The Morgan fingerprint density at radius 3 is 2.82 bits per heavy atom. The number of aromatic amines is 2. The molecule has 4 aromatic rings. The van der Waals surface area contributed by atoms with Crippen molar-refractivity contribution in [2.75, 3.05) is 45.1 Å². The maximum atomic E-state index is 12.7. The van der Waals surface area contributed by atoms with Gasteiger partial charge in [0.05, 0.1) is 23.4 Å². The standard InChI is InChI=1S/C25H36N8O4S/c1-2-3-14-37-23-30-21(26)20-22(31-23)33(24(35)29-20)12-5-11-32(10-4-8-27-9-13-34)16-17-6-7-18-19(15-17)38-25(36)28-18/h6-7,15,27,34H,2-5,8-14,16H2,1H3,(H,28,36)(H,29,35)(H2,26,30,31). The summed E-state index contributed by atoms with van der Waals surface area (Å²) >= 11 is 1.21. The third-order valence-corrected chi connectivity index (χ3v) is 7.07. The minimum absolute atomic E-state index is 0.0588. The number of unbranched alkanes of at least 4 members (excludes halogenated alkanes) is 1. The summed E-state index contributed by atoms with van der Waals surface area (Å²) < 4.78 is 8.16. The van der Waals surface area contributed by atoms with Crippen LogP contribution in [0.1, 0.15) is 38.2 Å². The van der Waals surface area contributed by atoms with Crippen LogP contribution in [0, 0.1) is 0 Å². The van der Waals surface area contributed by atoms with E-state index in [2.05, 4.69) is 43.1 Å². The van der Waals surface area contributed by atoms with Crippen molar-refractivity contribution in [2.45, 2.75) is 45.7 Å². The monoisotopic (exact) mass is 544 g/mol. The zero-order chi connectivity index (χ0) is 26.9. The molecule has 3 aromatic heterocycles. The Kier molecular flexibility index (Phi) is 9.87. The van der Waals surface area contributed by atoms with E-state index in [4.69, 9.17) is 15.6 Å². The number of aromatic nitrogens is 5. The Morgan fingerprint density at radius 1 is 1.16 bits per heavy atom. The molecule has 38 heavy (non-hydrogen) atoms. The second kappa shape index (κ2) is 13.5. The number of nitrogen functional groups attached to an aromatic ring is 1. The summed E-state index contributed by atoms with van der Waals surface area (Å²) in [5.41, 5.74) is 8.63. The molecule has 0 aliphatic heterocycles. The van der Waals surface area contributed by atoms with Crippen molar-refractivity contribution in [3.05, 3.63) is 43.9 Å². The number of ether oxygens (including phenoxy) is 1. The predicted octanol–water partition coefficient (Wildman–Crippen LogP) is 1.65. The van der Waals surface area contributed by atoms with Crippen LogP contribution in [0.3, 0.4) is 0 Å². The van der Waals surface area contributed by atoms with Gasteiger partial charge in [0.15, 0.2) is 11.5 Å². The summed E-state index contributed by atoms with van der Waals surface area (Å²) in [6.45, 7) is 6.81. The topological polar surface area (TPSA) is 167 Å². The maximum absolute atomic E-state index is 12.7. The van der Waals surface area contributed by atoms with E-state index < -0.39 is 0 Å². The SMILES string of the molecule is CCCCOc1nc(N)c2[nH]c(=O)n(CCCN(CCCNCCO)Cc3ccc4[nH]c(=O)sc4c3)c2n1. The summed E-state index contributed by atoms with van der Waals surface area (Å²) in [5, 5.41) is 12.2. The molecule has 4 rings (SSSR count). The Balaban J connectivity index is 1.44. The van der Waals surface area contributed by atoms with Gasteiger partial charge in [-0.2, -0.15) is 9.97 Å². The van der Waals surface area contributed by atoms with Crippen LogP contribution < -0.4 is 26.4 Å². The quantitative estimate of drug-likeness (QED) is 0.132. The molecular weight excluding hydrogens is 508 g/mol. The van der Waals surface area contributed by atoms with Crippen molar-refractivity contribution in [3.63, 3.8) is 0 Å². The first-order chi connectivity index (χ1) is 18.5. The van der Waals surface area contributed by atoms with Crippen LogP contribution >= 0.6 is 11.3 Å². The van der Waals surface area contributed by atoms with Crippen LogP contribution in [-0.2, 0) is 13.1 Å². The highest BCUT2D eigenvalue weighted by atomic mass is 32.1. The highest BCUT2D eigenvalue weighted by Gasteiger charge is 2.15. The first-order valence-corrected chi connectivity index (χ1v) is 13.8. The molecule has 0 saturated heterocycles. The molecule has 0 saturated carbocycles. The second-order valence-corrected chi connectivity index (χ2v) is 10.2. The van der Waals surface area contributed by atoms with E-state index in [-0.39, 0.29) is 29.0 Å². The van der Waals surface area contributed by atoms with Gasteiger partial charge in [0.25, 0.3) is 0 Å². The summed E-state index contributed by atoms with van der Waals surface area (Å²) in [7, 11) is 0. The Morgan fingerprint density at radius 2 is 2.00 bits per heavy atom. The fraction of sp³-hybridized carbons (Fsp3) is 0.520. The molecule has 6 N–H and O–H groups in total. The number of anilines is 1. The molecule has 0 radical (unpaired) electrons. The molecule has 0 aliphatic carbocycles. The normalized spacial score (nSPS) is 11.8. The van der Waals surface area contributed by atoms with Crippen molar-refractivity contribution in [3.8, 4) is 6.01 Å². The summed E-state index contributed by atoms with van der Waals surface area (Å²) in [6.07, 6.45) is 3.49. The summed E-state index contributed by atoms with van der Waals surface area (Å²) in [5.74, 6) is 0.191. The fourth-order valence-electron chi connectivity index (χ4n) is 4.31. The Labute approximate surface area is 223 Å². The summed E-state index contributed by atoms with van der Waals surface area (Å²) in [6, 6.07) is 6.21. The van der Waals surface area contributed by atoms with Crippen LogP contribution in [0.4, 0.5) is 5.82 Å². The average Bonchev–Trinajstić information content (AvgIpc) is 3.42. The minimum Gasteiger partial charge on any atom is -0.463 e. The number of H-pyrrole nitrogens is 2. The zero-order valence-corrected chi connectivity index (χ0v) is 22.5. The van der Waals surface area contributed by atoms with Gasteiger partial charge in [-0.3, -0.25) is 14.3 Å². The maximum Gasteiger partial charge on any atom is 0.327 e. The smallest absolute Gasteiger partial charge is 0.327 e. The number of benzene rings is 1. The van der Waals surface area contributed by atoms with Gasteiger partial charge >= 0.3 is 16.6 Å². The third kappa shape index (κ3) is 7.19. The molecule has 13 heteroatoms. The molecule has 0 atom stereocenters. The number of imidazole rings is 1. The number of nitrogens with two attached hydrogens (primary N) is 1. The van der Waals surface area contributed by atoms with Gasteiger partial charge in [-0.1, -0.05) is 30.7 Å². The number of hydrogen-bond donors (Lipinski definition) is 5. The van der Waals surface area contributed by atoms with E-state index in [0.717, 1.165) is 61.2 Å². The molecule has 0 bridgehead atoms. The van der Waals surface area contributed by atoms with Gasteiger partial charge in [0.2, 0.25) is 0 Å². The number of aryl methyl sites for hydroxylation is 1. The molecule has 0 spiro atoms. The summed E-state index contributed by atoms with van der Waals surface area (Å²) in [4.78, 5) is 40.9. The lowest BCUT2D eigenvalue weighted by atomic mass is 10.2. The van der Waals surface area contributed by atoms with Gasteiger partial charge in [0, 0.05) is 26.2 Å². The van der Waals surface area contributed by atoms with Crippen LogP contribution in [0.5, 0.6) is 6.01 Å². The minimum atomic E-state index is -0.278. The van der Waals surface area contributed by atoms with Crippen molar-refractivity contribution in [1.82, 2.24) is 34.7 Å². The molecule has 3 heterocycles. The first kappa shape index (κ1) is 27.8. The fourth-order valence-corrected chi connectivity index (χ4v) is 5.11. The van der Waals surface area contributed by atoms with Crippen molar-refractivity contribution in [1.29, 1.82) is 0 Å². The Bertz CT molecular complexity index is 1440. The van der Waals surface area contributed by atoms with Crippen molar-refractivity contribution < 1.29 is 9.84 Å². The van der Waals surface area contributed by atoms with Gasteiger partial charge in [-0.15, -0.1) is 0 Å². The third-order valence-electron chi connectivity index (χ3n) is 6.22. The van der Waals surface area contributed by atoms with E-state index >= 15 is 0 Å². The van der Waals surface area contributed by atoms with Gasteiger partial charge in [-0.25, -0.2) is 4.79 Å². The number of nitrogens with one attached hydrogen (secondary N) is 3. The molecule has 0 fully saturated rings. The van der Waals surface area contributed by atoms with Gasteiger partial charge in [0.1, 0.15) is 5.52 Å². The number of aliphatic hydroxyl groups is 1. The van der Waals surface area contributed by atoms with E-state index in [1.54, 1.807) is 4.57 Å². The number of nitrogens with zero attached hydrogens (tertiary/aromatic N) is 4. The number of rotatable bonds is 16. The van der Waals surface area contributed by atoms with Gasteiger partial charge < -0.3 is 30.9 Å². The number of hydrogen-bond acceptors (Lipinski definition) is 10. The molecule has 12 nitrogen and oxygen atoms in total. The van der Waals surface area contributed by atoms with Crippen LogP contribution in [-0.4, -0.2) is 73.9 Å². The zero-order valence-electron chi connectivity index (χ0n) is 21.7. The number of fused-ring (bicyclic) bond motifs is 2. The lowest BCUT2D eigenvalue weighted by Gasteiger charge is -2.23. The van der Waals surface area contributed by atoms with Crippen LogP contribution in [0.25, 0.3) is 21.4 Å². The van der Waals surface area contributed by atoms with Crippen LogP contribution in [0.2, 0.25) is 0 Å². The Hall–Kier alpha value is -3.26. The number of thiazole rings is 1. The largest absolute Gasteiger partial charge is 0.463 e. The van der Waals surface area contributed by atoms with Gasteiger partial charge in [-0.05, 0) is 50.0 Å². The predicted molar refractivity (Wildman–Crippen MR) is 150 cm³/mol. The highest BCUT2D eigenvalue weighted by Crippen LogP contribution is 2.19. The molecule has 0 amide bonds. The van der Waals surface area contributed by atoms with E-state index in [9.17, 15) is 9.59 Å². The van der Waals surface area contributed by atoms with E-state index in [0.29, 0.717) is 37.3 Å². The molecule has 1 aromatic carbocycles. The van der Waals surface area contributed by atoms with Crippen LogP contribution in [0.15, 0.2) is 27.8 Å². The van der Waals surface area contributed by atoms with Crippen molar-refractivity contribution >= 4 is 38.5 Å². The lowest BCUT2D eigenvalue weighted by Crippen LogP contribution is -2.30. The second-order valence-electron chi connectivity index (χ2n) is 9.18. The number of aliphatic hydroxyl groups excluding tert-OH is 1. The van der Waals surface area contributed by atoms with E-state index in [1.165, 1.54) is 11.3 Å². The van der Waals surface area contributed by atoms with Crippen molar-refractivity contribution in [2.24, 2.45) is 0 Å². The first-order valence-electron chi connectivity index (χ1n) is 13.0. The molecule has 206 valence electrons. The molecule has 0 aliphatic rings.